The maximum atomic E-state index is 12.6. The van der Waals surface area contributed by atoms with Gasteiger partial charge in [-0.2, -0.15) is 0 Å². The maximum absolute atomic E-state index is 12.6. The molecule has 3 fully saturated rings. The lowest BCUT2D eigenvalue weighted by molar-refractivity contribution is 0.0944. The van der Waals surface area contributed by atoms with Crippen LogP contribution in [0, 0.1) is 29.6 Å². The van der Waals surface area contributed by atoms with Gasteiger partial charge in [0.05, 0.1) is 12.1 Å². The van der Waals surface area contributed by atoms with E-state index in [2.05, 4.69) is 0 Å². The van der Waals surface area contributed by atoms with Crippen molar-refractivity contribution in [2.45, 2.75) is 19.3 Å². The quantitative estimate of drug-likeness (QED) is 0.785. The third-order valence-corrected chi connectivity index (χ3v) is 5.79. The zero-order valence-electron chi connectivity index (χ0n) is 10.9. The number of rotatable bonds is 3. The number of carbonyl (C=O) groups is 1. The van der Waals surface area contributed by atoms with E-state index < -0.39 is 0 Å². The third kappa shape index (κ3) is 1.59. The molecule has 4 unspecified atom stereocenters. The summed E-state index contributed by atoms with van der Waals surface area (Å²) >= 11 is 6.01. The van der Waals surface area contributed by atoms with Crippen LogP contribution in [-0.4, -0.2) is 12.9 Å². The molecule has 19 heavy (non-hydrogen) atoms. The number of methoxy groups -OCH3 is 1. The van der Waals surface area contributed by atoms with Crippen LogP contribution in [0.25, 0.3) is 0 Å². The second-order valence-electron chi connectivity index (χ2n) is 6.23. The summed E-state index contributed by atoms with van der Waals surface area (Å²) < 4.78 is 5.20. The van der Waals surface area contributed by atoms with Gasteiger partial charge in [0.2, 0.25) is 0 Å². The Kier molecular flexibility index (Phi) is 2.47. The Balaban J connectivity index is 1.59. The smallest absolute Gasteiger partial charge is 0.166 e. The van der Waals surface area contributed by atoms with Gasteiger partial charge in [0.25, 0.3) is 0 Å². The molecule has 4 atom stereocenters. The molecule has 1 aromatic carbocycles. The summed E-state index contributed by atoms with van der Waals surface area (Å²) in [5, 5.41) is 0.565. The molecule has 4 rings (SSSR count). The summed E-state index contributed by atoms with van der Waals surface area (Å²) in [7, 11) is 1.58. The monoisotopic (exact) mass is 276 g/mol. The summed E-state index contributed by atoms with van der Waals surface area (Å²) in [5.74, 6) is 4.23. The van der Waals surface area contributed by atoms with Crippen molar-refractivity contribution in [2.75, 3.05) is 7.11 Å². The molecule has 1 aromatic rings. The van der Waals surface area contributed by atoms with Crippen molar-refractivity contribution in [3.63, 3.8) is 0 Å². The molecule has 3 aliphatic carbocycles. The molecule has 0 aliphatic heterocycles. The van der Waals surface area contributed by atoms with Crippen molar-refractivity contribution in [3.05, 3.63) is 28.8 Å². The Labute approximate surface area is 118 Å². The van der Waals surface area contributed by atoms with Crippen molar-refractivity contribution >= 4 is 17.4 Å². The molecule has 3 aliphatic rings. The van der Waals surface area contributed by atoms with Gasteiger partial charge in [-0.25, -0.2) is 0 Å². The fourth-order valence-electron chi connectivity index (χ4n) is 4.68. The minimum Gasteiger partial charge on any atom is -0.495 e. The van der Waals surface area contributed by atoms with E-state index in [0.29, 0.717) is 28.4 Å². The first-order valence-corrected chi connectivity index (χ1v) is 7.46. The van der Waals surface area contributed by atoms with Gasteiger partial charge >= 0.3 is 0 Å². The van der Waals surface area contributed by atoms with E-state index in [-0.39, 0.29) is 5.92 Å². The van der Waals surface area contributed by atoms with Gasteiger partial charge in [0.15, 0.2) is 5.78 Å². The molecular formula is C16H17ClO2. The van der Waals surface area contributed by atoms with Crippen molar-refractivity contribution in [1.29, 1.82) is 0 Å². The summed E-state index contributed by atoms with van der Waals surface area (Å²) in [6.45, 7) is 0. The van der Waals surface area contributed by atoms with Crippen LogP contribution >= 0.6 is 11.6 Å². The normalized spacial score (nSPS) is 38.1. The van der Waals surface area contributed by atoms with Crippen LogP contribution in [0.4, 0.5) is 0 Å². The minimum absolute atomic E-state index is 0.289. The summed E-state index contributed by atoms with van der Waals surface area (Å²) in [5.41, 5.74) is 0.764. The molecular weight excluding hydrogens is 260 g/mol. The topological polar surface area (TPSA) is 26.3 Å². The summed E-state index contributed by atoms with van der Waals surface area (Å²) in [6, 6.07) is 5.39. The van der Waals surface area contributed by atoms with Gasteiger partial charge in [-0.3, -0.25) is 4.79 Å². The predicted molar refractivity (Wildman–Crippen MR) is 73.6 cm³/mol. The molecule has 0 N–H and O–H groups in total. The van der Waals surface area contributed by atoms with Crippen LogP contribution in [-0.2, 0) is 0 Å². The van der Waals surface area contributed by atoms with Crippen LogP contribution in [0.3, 0.4) is 0 Å². The number of hydrogen-bond acceptors (Lipinski definition) is 2. The molecule has 0 heterocycles. The number of hydrogen-bond donors (Lipinski definition) is 0. The second kappa shape index (κ2) is 3.99. The molecule has 3 saturated carbocycles. The first-order chi connectivity index (χ1) is 9.20. The van der Waals surface area contributed by atoms with Crippen LogP contribution < -0.4 is 4.74 Å². The lowest BCUT2D eigenvalue weighted by Gasteiger charge is -2.09. The summed E-state index contributed by atoms with van der Waals surface area (Å²) in [4.78, 5) is 12.6. The van der Waals surface area contributed by atoms with Crippen LogP contribution in [0.15, 0.2) is 18.2 Å². The van der Waals surface area contributed by atoms with E-state index in [1.54, 1.807) is 19.2 Å². The van der Waals surface area contributed by atoms with Gasteiger partial charge in [0, 0.05) is 11.5 Å². The largest absolute Gasteiger partial charge is 0.495 e. The van der Waals surface area contributed by atoms with Crippen LogP contribution in [0.1, 0.15) is 29.6 Å². The molecule has 2 bridgehead atoms. The van der Waals surface area contributed by atoms with Gasteiger partial charge < -0.3 is 4.74 Å². The van der Waals surface area contributed by atoms with Crippen LogP contribution in [0.2, 0.25) is 5.02 Å². The first kappa shape index (κ1) is 11.8. The molecule has 0 spiro atoms. The number of benzene rings is 1. The fourth-order valence-corrected chi connectivity index (χ4v) is 4.88. The average molecular weight is 277 g/mol. The number of ether oxygens (including phenoxy) is 1. The van der Waals surface area contributed by atoms with E-state index in [1.165, 1.54) is 19.3 Å². The highest BCUT2D eigenvalue weighted by Crippen LogP contribution is 2.69. The molecule has 0 saturated heterocycles. The van der Waals surface area contributed by atoms with Crippen molar-refractivity contribution in [1.82, 2.24) is 0 Å². The highest BCUT2D eigenvalue weighted by molar-refractivity contribution is 6.32. The Hall–Kier alpha value is -1.02. The Morgan fingerprint density at radius 1 is 1.26 bits per heavy atom. The summed E-state index contributed by atoms with van der Waals surface area (Å²) in [6.07, 6.45) is 4.07. The second-order valence-corrected chi connectivity index (χ2v) is 6.63. The number of ketones is 1. The Bertz CT molecular complexity index is 538. The fraction of sp³-hybridized carbons (Fsp3) is 0.562. The molecule has 0 radical (unpaired) electrons. The number of carbonyl (C=O) groups excluding carboxylic acids is 1. The third-order valence-electron chi connectivity index (χ3n) is 5.47. The minimum atomic E-state index is 0.289. The number of fused-ring (bicyclic) bond motifs is 5. The highest BCUT2D eigenvalue weighted by Gasteiger charge is 2.67. The maximum Gasteiger partial charge on any atom is 0.166 e. The lowest BCUT2D eigenvalue weighted by Crippen LogP contribution is -2.10. The standard InChI is InChI=1S/C16H17ClO2/c1-19-12-7-10(4-5-11(12)17)16(18)15-13-8-2-3-9(6-8)14(13)15/h4-5,7-9,13-15H,2-3,6H2,1H3. The Morgan fingerprint density at radius 2 is 1.95 bits per heavy atom. The van der Waals surface area contributed by atoms with E-state index in [1.807, 2.05) is 6.07 Å². The highest BCUT2D eigenvalue weighted by atomic mass is 35.5. The van der Waals surface area contributed by atoms with Gasteiger partial charge in [-0.15, -0.1) is 0 Å². The van der Waals surface area contributed by atoms with Crippen molar-refractivity contribution in [2.24, 2.45) is 29.6 Å². The molecule has 0 amide bonds. The zero-order valence-corrected chi connectivity index (χ0v) is 11.7. The van der Waals surface area contributed by atoms with Crippen molar-refractivity contribution < 1.29 is 9.53 Å². The molecule has 0 aromatic heterocycles. The zero-order chi connectivity index (χ0) is 13.1. The van der Waals surface area contributed by atoms with Gasteiger partial charge in [0.1, 0.15) is 5.75 Å². The lowest BCUT2D eigenvalue weighted by atomic mass is 9.96. The van der Waals surface area contributed by atoms with Gasteiger partial charge in [-0.1, -0.05) is 11.6 Å². The molecule has 3 heteroatoms. The Morgan fingerprint density at radius 3 is 2.58 bits per heavy atom. The van der Waals surface area contributed by atoms with Crippen molar-refractivity contribution in [3.8, 4) is 5.75 Å². The SMILES string of the molecule is COc1cc(C(=O)C2C3C4CCC(C4)C23)ccc1Cl. The number of Topliss-reactive ketones (excluding diaryl/α,β-unsaturated/α-hetero) is 1. The van der Waals surface area contributed by atoms with E-state index >= 15 is 0 Å². The van der Waals surface area contributed by atoms with Crippen LogP contribution in [0.5, 0.6) is 5.75 Å². The van der Waals surface area contributed by atoms with E-state index in [0.717, 1.165) is 17.4 Å². The first-order valence-electron chi connectivity index (χ1n) is 7.08. The number of halogens is 1. The van der Waals surface area contributed by atoms with Gasteiger partial charge in [-0.05, 0) is 61.1 Å². The average Bonchev–Trinajstić information content (AvgIpc) is 2.86. The van der Waals surface area contributed by atoms with E-state index in [9.17, 15) is 4.79 Å². The van der Waals surface area contributed by atoms with E-state index in [4.69, 9.17) is 16.3 Å². The predicted octanol–water partition coefficient (Wildman–Crippen LogP) is 3.82. The molecule has 100 valence electrons. The molecule has 2 nitrogen and oxygen atoms in total.